The molecule has 1 aromatic heterocycles. The highest BCUT2D eigenvalue weighted by atomic mass is 16.5. The van der Waals surface area contributed by atoms with Crippen LogP contribution < -0.4 is 15.4 Å². The highest BCUT2D eigenvalue weighted by Crippen LogP contribution is 2.45. The van der Waals surface area contributed by atoms with E-state index in [1.54, 1.807) is 19.5 Å². The molecule has 2 heterocycles. The summed E-state index contributed by atoms with van der Waals surface area (Å²) in [6.45, 7) is 0. The van der Waals surface area contributed by atoms with Crippen LogP contribution in [-0.4, -0.2) is 17.9 Å². The second-order valence-electron chi connectivity index (χ2n) is 7.69. The number of anilines is 2. The van der Waals surface area contributed by atoms with E-state index < -0.39 is 0 Å². The maximum Gasteiger partial charge on any atom is 0.163 e. The maximum atomic E-state index is 13.5. The number of pyridine rings is 1. The molecule has 0 amide bonds. The molecule has 0 fully saturated rings. The van der Waals surface area contributed by atoms with Gasteiger partial charge in [0.25, 0.3) is 0 Å². The molecule has 2 N–H and O–H groups in total. The first-order valence-electron chi connectivity index (χ1n) is 10.2. The molecule has 30 heavy (non-hydrogen) atoms. The van der Waals surface area contributed by atoms with Gasteiger partial charge in [0.05, 0.1) is 24.5 Å². The molecule has 0 radical (unpaired) electrons. The van der Waals surface area contributed by atoms with Gasteiger partial charge in [0.1, 0.15) is 5.75 Å². The molecule has 0 spiro atoms. The normalized spacial score (nSPS) is 20.4. The molecule has 1 aliphatic carbocycles. The van der Waals surface area contributed by atoms with Gasteiger partial charge in [-0.05, 0) is 47.9 Å². The van der Waals surface area contributed by atoms with Gasteiger partial charge in [0.2, 0.25) is 0 Å². The Bertz CT molecular complexity index is 1120. The van der Waals surface area contributed by atoms with Crippen molar-refractivity contribution in [2.75, 3.05) is 17.7 Å². The third-order valence-electron chi connectivity index (χ3n) is 5.93. The lowest BCUT2D eigenvalue weighted by Crippen LogP contribution is -2.27. The number of ether oxygens (including phenoxy) is 1. The van der Waals surface area contributed by atoms with E-state index in [0.29, 0.717) is 6.42 Å². The number of nitrogens with zero attached hydrogens (tertiary/aromatic N) is 1. The number of ketones is 1. The number of fused-ring (bicyclic) bond motifs is 1. The topological polar surface area (TPSA) is 63.2 Å². The Labute approximate surface area is 175 Å². The van der Waals surface area contributed by atoms with E-state index in [-0.39, 0.29) is 17.7 Å². The predicted octanol–water partition coefficient (Wildman–Crippen LogP) is 5.07. The number of hydrogen-bond acceptors (Lipinski definition) is 5. The number of Topliss-reactive ketones (excluding diaryl/α,β-unsaturated/α-hetero) is 1. The van der Waals surface area contributed by atoms with Crippen molar-refractivity contribution in [3.8, 4) is 5.75 Å². The first kappa shape index (κ1) is 18.4. The average molecular weight is 397 g/mol. The maximum absolute atomic E-state index is 13.5. The molecule has 5 heteroatoms. The molecule has 2 atom stereocenters. The smallest absolute Gasteiger partial charge is 0.163 e. The lowest BCUT2D eigenvalue weighted by molar-refractivity contribution is -0.116. The number of nitrogens with one attached hydrogen (secondary N) is 2. The molecule has 5 rings (SSSR count). The first-order chi connectivity index (χ1) is 14.7. The van der Waals surface area contributed by atoms with Crippen LogP contribution in [0, 0.1) is 0 Å². The monoisotopic (exact) mass is 397 g/mol. The molecule has 0 saturated carbocycles. The van der Waals surface area contributed by atoms with Crippen molar-refractivity contribution in [2.24, 2.45) is 0 Å². The quantitative estimate of drug-likeness (QED) is 0.646. The van der Waals surface area contributed by atoms with Gasteiger partial charge in [-0.3, -0.25) is 9.78 Å². The molecule has 150 valence electrons. The van der Waals surface area contributed by atoms with E-state index in [9.17, 15) is 4.79 Å². The zero-order valence-corrected chi connectivity index (χ0v) is 16.8. The minimum Gasteiger partial charge on any atom is -0.496 e. The van der Waals surface area contributed by atoms with E-state index in [1.807, 2.05) is 54.6 Å². The molecule has 0 unspecified atom stereocenters. The number of aromatic nitrogens is 1. The number of allylic oxidation sites excluding steroid dienone is 1. The Morgan fingerprint density at radius 1 is 0.933 bits per heavy atom. The van der Waals surface area contributed by atoms with Gasteiger partial charge >= 0.3 is 0 Å². The average Bonchev–Trinajstić information content (AvgIpc) is 2.96. The number of carbonyl (C=O) groups is 1. The lowest BCUT2D eigenvalue weighted by Gasteiger charge is -2.30. The molecular weight excluding hydrogens is 374 g/mol. The number of benzene rings is 2. The number of hydrogen-bond donors (Lipinski definition) is 2. The number of rotatable bonds is 3. The van der Waals surface area contributed by atoms with Crippen LogP contribution in [-0.2, 0) is 4.79 Å². The van der Waals surface area contributed by atoms with Gasteiger partial charge in [-0.25, -0.2) is 0 Å². The number of para-hydroxylation sites is 3. The van der Waals surface area contributed by atoms with Crippen LogP contribution in [0.25, 0.3) is 0 Å². The van der Waals surface area contributed by atoms with Gasteiger partial charge in [-0.2, -0.15) is 0 Å². The summed E-state index contributed by atoms with van der Waals surface area (Å²) in [5.74, 6) is 1.06. The highest BCUT2D eigenvalue weighted by molar-refractivity contribution is 6.01. The zero-order chi connectivity index (χ0) is 20.5. The van der Waals surface area contributed by atoms with Crippen molar-refractivity contribution in [2.45, 2.75) is 24.8 Å². The molecule has 2 aromatic carbocycles. The molecule has 5 nitrogen and oxygen atoms in total. The van der Waals surface area contributed by atoms with Gasteiger partial charge in [-0.1, -0.05) is 30.3 Å². The predicted molar refractivity (Wildman–Crippen MR) is 118 cm³/mol. The Morgan fingerprint density at radius 3 is 2.47 bits per heavy atom. The van der Waals surface area contributed by atoms with Crippen LogP contribution in [0.5, 0.6) is 5.75 Å². The van der Waals surface area contributed by atoms with E-state index in [2.05, 4.69) is 21.7 Å². The van der Waals surface area contributed by atoms with Crippen molar-refractivity contribution in [3.05, 3.63) is 95.5 Å². The van der Waals surface area contributed by atoms with Crippen LogP contribution in [0.15, 0.2) is 84.3 Å². The summed E-state index contributed by atoms with van der Waals surface area (Å²) in [7, 11) is 1.68. The second kappa shape index (κ2) is 7.67. The summed E-state index contributed by atoms with van der Waals surface area (Å²) in [5.41, 5.74) is 5.85. The van der Waals surface area contributed by atoms with Crippen molar-refractivity contribution < 1.29 is 9.53 Å². The summed E-state index contributed by atoms with van der Waals surface area (Å²) in [6.07, 6.45) is 4.75. The van der Waals surface area contributed by atoms with Crippen molar-refractivity contribution in [1.82, 2.24) is 4.98 Å². The summed E-state index contributed by atoms with van der Waals surface area (Å²) in [6, 6.07) is 19.8. The fourth-order valence-electron chi connectivity index (χ4n) is 4.52. The fourth-order valence-corrected chi connectivity index (χ4v) is 4.52. The van der Waals surface area contributed by atoms with Gasteiger partial charge in [-0.15, -0.1) is 0 Å². The highest BCUT2D eigenvalue weighted by Gasteiger charge is 2.36. The van der Waals surface area contributed by atoms with Crippen LogP contribution in [0.3, 0.4) is 0 Å². The van der Waals surface area contributed by atoms with E-state index in [1.165, 1.54) is 0 Å². The van der Waals surface area contributed by atoms with Crippen molar-refractivity contribution >= 4 is 17.2 Å². The van der Waals surface area contributed by atoms with Crippen molar-refractivity contribution in [1.29, 1.82) is 0 Å². The Morgan fingerprint density at radius 2 is 1.67 bits per heavy atom. The Hall–Kier alpha value is -3.60. The van der Waals surface area contributed by atoms with Crippen LogP contribution in [0.4, 0.5) is 11.4 Å². The first-order valence-corrected chi connectivity index (χ1v) is 10.2. The Kier molecular flexibility index (Phi) is 4.71. The van der Waals surface area contributed by atoms with E-state index in [0.717, 1.165) is 45.9 Å². The third-order valence-corrected chi connectivity index (χ3v) is 5.93. The third kappa shape index (κ3) is 3.22. The largest absolute Gasteiger partial charge is 0.496 e. The zero-order valence-electron chi connectivity index (χ0n) is 16.8. The minimum atomic E-state index is -0.217. The Balaban J connectivity index is 1.61. The van der Waals surface area contributed by atoms with Gasteiger partial charge in [0, 0.05) is 36.0 Å². The second-order valence-corrected chi connectivity index (χ2v) is 7.69. The van der Waals surface area contributed by atoms with Crippen molar-refractivity contribution in [3.63, 3.8) is 0 Å². The van der Waals surface area contributed by atoms with Crippen LogP contribution in [0.2, 0.25) is 0 Å². The molecule has 0 bridgehead atoms. The summed E-state index contributed by atoms with van der Waals surface area (Å²) in [4.78, 5) is 17.6. The summed E-state index contributed by atoms with van der Waals surface area (Å²) < 4.78 is 5.57. The number of methoxy groups -OCH3 is 1. The standard InChI is InChI=1S/C25H23N3O2/c1-30-23-9-5-2-6-18(23)17-14-21-24(22(29)15-17)25(16-10-12-26-13-11-16)28-20-8-4-3-7-19(20)27-21/h2-13,17,25,27-28H,14-15H2,1H3/t17-,25-/m1/s1. The molecule has 3 aromatic rings. The summed E-state index contributed by atoms with van der Waals surface area (Å²) >= 11 is 0. The molecule has 1 aliphatic heterocycles. The van der Waals surface area contributed by atoms with Crippen LogP contribution >= 0.6 is 0 Å². The van der Waals surface area contributed by atoms with Gasteiger partial charge < -0.3 is 15.4 Å². The summed E-state index contributed by atoms with van der Waals surface area (Å²) in [5, 5.41) is 7.16. The molecule has 0 saturated heterocycles. The van der Waals surface area contributed by atoms with Crippen LogP contribution in [0.1, 0.15) is 35.9 Å². The minimum absolute atomic E-state index is 0.0725. The fraction of sp³-hybridized carbons (Fsp3) is 0.200. The SMILES string of the molecule is COc1ccccc1[C@H]1CC(=O)C2=C(C1)Nc1ccccc1N[C@@H]2c1ccncc1. The lowest BCUT2D eigenvalue weighted by atomic mass is 9.78. The van der Waals surface area contributed by atoms with Gasteiger partial charge in [0.15, 0.2) is 5.78 Å². The molecule has 2 aliphatic rings. The van der Waals surface area contributed by atoms with E-state index in [4.69, 9.17) is 4.74 Å². The van der Waals surface area contributed by atoms with E-state index >= 15 is 0 Å². The molecular formula is C25H23N3O2. The number of carbonyl (C=O) groups excluding carboxylic acids is 1.